The third kappa shape index (κ3) is 4.20. The van der Waals surface area contributed by atoms with Gasteiger partial charge in [0.15, 0.2) is 0 Å². The van der Waals surface area contributed by atoms with Crippen LogP contribution in [-0.2, 0) is 0 Å². The summed E-state index contributed by atoms with van der Waals surface area (Å²) < 4.78 is 0. The molecule has 0 radical (unpaired) electrons. The first-order valence-corrected chi connectivity index (χ1v) is 14.1. The van der Waals surface area contributed by atoms with Crippen molar-refractivity contribution in [2.75, 3.05) is 0 Å². The summed E-state index contributed by atoms with van der Waals surface area (Å²) in [7, 11) is 0. The minimum Gasteiger partial charge on any atom is -0.393 e. The lowest BCUT2D eigenvalue weighted by molar-refractivity contribution is -0.0573. The monoisotopic (exact) mass is 428 g/mol. The van der Waals surface area contributed by atoms with Crippen LogP contribution in [0.2, 0.25) is 0 Å². The molecule has 0 aromatic rings. The smallest absolute Gasteiger partial charge is 0.0577 e. The minimum atomic E-state index is -0.0792. The lowest BCUT2D eigenvalue weighted by Gasteiger charge is -2.58. The molecule has 1 heteroatoms. The van der Waals surface area contributed by atoms with Crippen molar-refractivity contribution >= 4 is 0 Å². The Kier molecular flexibility index (Phi) is 7.04. The summed E-state index contributed by atoms with van der Waals surface area (Å²) in [6, 6.07) is 0. The summed E-state index contributed by atoms with van der Waals surface area (Å²) in [6.45, 7) is 15.1. The normalized spacial score (nSPS) is 44.3. The molecule has 3 fully saturated rings. The summed E-state index contributed by atoms with van der Waals surface area (Å²) in [5.74, 6) is 6.34. The Labute approximate surface area is 193 Å². The van der Waals surface area contributed by atoms with Gasteiger partial charge in [0.1, 0.15) is 0 Å². The molecule has 0 unspecified atom stereocenters. The number of aliphatic hydroxyl groups excluding tert-OH is 1. The highest BCUT2D eigenvalue weighted by Crippen LogP contribution is 2.67. The summed E-state index contributed by atoms with van der Waals surface area (Å²) in [5.41, 5.74) is 2.59. The zero-order valence-electron chi connectivity index (χ0n) is 21.6. The van der Waals surface area contributed by atoms with Gasteiger partial charge >= 0.3 is 0 Å². The molecule has 0 aliphatic heterocycles. The Morgan fingerprint density at radius 1 is 1.00 bits per heavy atom. The molecule has 0 aromatic heterocycles. The van der Waals surface area contributed by atoms with Crippen LogP contribution in [0.25, 0.3) is 0 Å². The van der Waals surface area contributed by atoms with E-state index in [0.717, 1.165) is 54.3 Å². The van der Waals surface area contributed by atoms with Crippen LogP contribution in [0.5, 0.6) is 0 Å². The van der Waals surface area contributed by atoms with E-state index in [1.165, 1.54) is 64.2 Å². The maximum absolute atomic E-state index is 10.3. The van der Waals surface area contributed by atoms with Crippen LogP contribution in [0, 0.1) is 52.3 Å². The van der Waals surface area contributed by atoms with Crippen molar-refractivity contribution in [2.45, 2.75) is 125 Å². The third-order valence-electron chi connectivity index (χ3n) is 11.5. The molecule has 0 saturated heterocycles. The summed E-state index contributed by atoms with van der Waals surface area (Å²) >= 11 is 0. The summed E-state index contributed by atoms with van der Waals surface area (Å²) in [4.78, 5) is 0. The maximum Gasteiger partial charge on any atom is 0.0577 e. The predicted octanol–water partition coefficient (Wildman–Crippen LogP) is 8.41. The fourth-order valence-electron chi connectivity index (χ4n) is 9.53. The first-order valence-electron chi connectivity index (χ1n) is 14.1. The molecular formula is C30H52O. The van der Waals surface area contributed by atoms with Gasteiger partial charge in [-0.1, -0.05) is 78.9 Å². The van der Waals surface area contributed by atoms with Crippen molar-refractivity contribution in [2.24, 2.45) is 52.3 Å². The second-order valence-corrected chi connectivity index (χ2v) is 13.2. The first kappa shape index (κ1) is 23.8. The van der Waals surface area contributed by atoms with E-state index in [0.29, 0.717) is 10.8 Å². The van der Waals surface area contributed by atoms with E-state index >= 15 is 0 Å². The van der Waals surface area contributed by atoms with Gasteiger partial charge in [-0.3, -0.25) is 0 Å². The zero-order valence-corrected chi connectivity index (χ0v) is 21.6. The van der Waals surface area contributed by atoms with Gasteiger partial charge in [-0.15, -0.1) is 0 Å². The van der Waals surface area contributed by atoms with Crippen molar-refractivity contribution in [3.63, 3.8) is 0 Å². The molecule has 4 aliphatic rings. The number of fused-ring (bicyclic) bond motifs is 5. The van der Waals surface area contributed by atoms with Crippen LogP contribution in [-0.4, -0.2) is 11.2 Å². The SMILES string of the molecule is CC[C@@H](CCC[C@@H](C)[C@H]1CC[C@H]2[C@@H]3CC=C4C[C@@H](O)CC[C@]4(C)[C@H]3CC[C@]12C)C(C)C. The fraction of sp³-hybridized carbons (Fsp3) is 0.933. The molecule has 31 heavy (non-hydrogen) atoms. The highest BCUT2D eigenvalue weighted by atomic mass is 16.3. The van der Waals surface area contributed by atoms with Crippen LogP contribution in [0.15, 0.2) is 11.6 Å². The van der Waals surface area contributed by atoms with Gasteiger partial charge in [-0.25, -0.2) is 0 Å². The molecule has 0 bridgehead atoms. The Morgan fingerprint density at radius 3 is 2.48 bits per heavy atom. The Balaban J connectivity index is 1.42. The second-order valence-electron chi connectivity index (χ2n) is 13.2. The molecule has 0 amide bonds. The summed E-state index contributed by atoms with van der Waals surface area (Å²) in [5, 5.41) is 10.3. The third-order valence-corrected chi connectivity index (χ3v) is 11.5. The number of hydrogen-bond acceptors (Lipinski definition) is 1. The average Bonchev–Trinajstić information content (AvgIpc) is 3.08. The zero-order chi connectivity index (χ0) is 22.4. The van der Waals surface area contributed by atoms with Gasteiger partial charge in [0.05, 0.1) is 6.10 Å². The van der Waals surface area contributed by atoms with Crippen LogP contribution < -0.4 is 0 Å². The summed E-state index contributed by atoms with van der Waals surface area (Å²) in [6.07, 6.45) is 18.6. The molecule has 1 nitrogen and oxygen atoms in total. The molecule has 9 atom stereocenters. The van der Waals surface area contributed by atoms with Crippen molar-refractivity contribution in [3.8, 4) is 0 Å². The van der Waals surface area contributed by atoms with Crippen molar-refractivity contribution in [3.05, 3.63) is 11.6 Å². The fourth-order valence-corrected chi connectivity index (χ4v) is 9.53. The Hall–Kier alpha value is -0.300. The molecular weight excluding hydrogens is 376 g/mol. The van der Waals surface area contributed by atoms with Crippen LogP contribution in [0.1, 0.15) is 119 Å². The minimum absolute atomic E-state index is 0.0792. The van der Waals surface area contributed by atoms with Crippen molar-refractivity contribution < 1.29 is 5.11 Å². The van der Waals surface area contributed by atoms with Crippen LogP contribution >= 0.6 is 0 Å². The lowest BCUT2D eigenvalue weighted by atomic mass is 9.47. The molecule has 1 N–H and O–H groups in total. The van der Waals surface area contributed by atoms with Gasteiger partial charge < -0.3 is 5.11 Å². The van der Waals surface area contributed by atoms with Gasteiger partial charge in [0.2, 0.25) is 0 Å². The molecule has 0 heterocycles. The largest absolute Gasteiger partial charge is 0.393 e. The van der Waals surface area contributed by atoms with E-state index < -0.39 is 0 Å². The van der Waals surface area contributed by atoms with E-state index in [1.54, 1.807) is 5.57 Å². The van der Waals surface area contributed by atoms with E-state index in [1.807, 2.05) is 0 Å². The molecule has 3 saturated carbocycles. The topological polar surface area (TPSA) is 20.2 Å². The number of allylic oxidation sites excluding steroid dienone is 1. The predicted molar refractivity (Wildman–Crippen MR) is 133 cm³/mol. The lowest BCUT2D eigenvalue weighted by Crippen LogP contribution is -2.50. The average molecular weight is 429 g/mol. The molecule has 178 valence electrons. The van der Waals surface area contributed by atoms with Crippen LogP contribution in [0.4, 0.5) is 0 Å². The van der Waals surface area contributed by atoms with Gasteiger partial charge in [0, 0.05) is 0 Å². The molecule has 4 aliphatic carbocycles. The van der Waals surface area contributed by atoms with Gasteiger partial charge in [-0.2, -0.15) is 0 Å². The molecule has 4 rings (SSSR count). The maximum atomic E-state index is 10.3. The Bertz CT molecular complexity index is 649. The number of aliphatic hydroxyl groups is 1. The Morgan fingerprint density at radius 2 is 1.77 bits per heavy atom. The van der Waals surface area contributed by atoms with Crippen molar-refractivity contribution in [1.82, 2.24) is 0 Å². The highest BCUT2D eigenvalue weighted by Gasteiger charge is 2.59. The van der Waals surface area contributed by atoms with E-state index in [2.05, 4.69) is 47.6 Å². The quantitative estimate of drug-likeness (QED) is 0.403. The molecule has 0 aromatic carbocycles. The first-order chi connectivity index (χ1) is 14.7. The second kappa shape index (κ2) is 9.15. The highest BCUT2D eigenvalue weighted by molar-refractivity contribution is 5.25. The van der Waals surface area contributed by atoms with E-state index in [9.17, 15) is 5.11 Å². The van der Waals surface area contributed by atoms with Gasteiger partial charge in [0.25, 0.3) is 0 Å². The van der Waals surface area contributed by atoms with E-state index in [-0.39, 0.29) is 6.10 Å². The van der Waals surface area contributed by atoms with Crippen LogP contribution in [0.3, 0.4) is 0 Å². The van der Waals surface area contributed by atoms with Gasteiger partial charge in [-0.05, 0) is 104 Å². The standard InChI is InChI=1S/C30H52O/c1-7-22(20(2)3)10-8-9-21(4)26-13-14-27-25-12-11-23-19-24(31)15-17-29(23,5)28(25)16-18-30(26,27)6/h11,20-22,24-28,31H,7-10,12-19H2,1-6H3/t21-,22+,24+,25+,26-,27+,28+,29+,30-/m1/s1. The number of hydrogen-bond donors (Lipinski definition) is 1. The van der Waals surface area contributed by atoms with E-state index in [4.69, 9.17) is 0 Å². The molecule has 0 spiro atoms. The van der Waals surface area contributed by atoms with Crippen molar-refractivity contribution in [1.29, 1.82) is 0 Å². The number of rotatable bonds is 7.